The molecular formula is C21H29ClO4Si. The van der Waals surface area contributed by atoms with Gasteiger partial charge >= 0.3 is 8.80 Å². The molecule has 6 heteroatoms. The lowest BCUT2D eigenvalue weighted by molar-refractivity contribution is 0.0708. The fourth-order valence-corrected chi connectivity index (χ4v) is 5.93. The highest BCUT2D eigenvalue weighted by molar-refractivity contribution is 6.60. The van der Waals surface area contributed by atoms with Gasteiger partial charge in [-0.15, -0.1) is 0 Å². The molecule has 0 fully saturated rings. The number of rotatable bonds is 11. The zero-order valence-corrected chi connectivity index (χ0v) is 18.1. The number of phenols is 1. The molecule has 0 aliphatic carbocycles. The lowest BCUT2D eigenvalue weighted by Crippen LogP contribution is -2.46. The molecule has 0 saturated carbocycles. The minimum Gasteiger partial charge on any atom is -0.508 e. The van der Waals surface area contributed by atoms with E-state index < -0.39 is 8.80 Å². The molecule has 148 valence electrons. The lowest BCUT2D eigenvalue weighted by atomic mass is 9.96. The molecule has 2 aromatic carbocycles. The van der Waals surface area contributed by atoms with Crippen LogP contribution in [0.25, 0.3) is 11.1 Å². The summed E-state index contributed by atoms with van der Waals surface area (Å²) in [6, 6.07) is 14.0. The van der Waals surface area contributed by atoms with Crippen LogP contribution in [0.4, 0.5) is 0 Å². The topological polar surface area (TPSA) is 47.9 Å². The highest BCUT2D eigenvalue weighted by Gasteiger charge is 2.39. The number of hydrogen-bond acceptors (Lipinski definition) is 4. The van der Waals surface area contributed by atoms with Crippen LogP contribution in [0.1, 0.15) is 32.8 Å². The Morgan fingerprint density at radius 2 is 1.48 bits per heavy atom. The summed E-state index contributed by atoms with van der Waals surface area (Å²) in [6.07, 6.45) is 1.66. The largest absolute Gasteiger partial charge is 0.508 e. The smallest absolute Gasteiger partial charge is 0.500 e. The van der Waals surface area contributed by atoms with Crippen molar-refractivity contribution in [2.45, 2.75) is 39.7 Å². The Balaban J connectivity index is 2.16. The average Bonchev–Trinajstić information content (AvgIpc) is 2.63. The monoisotopic (exact) mass is 408 g/mol. The number of aromatic hydroxyl groups is 1. The van der Waals surface area contributed by atoms with Gasteiger partial charge in [-0.25, -0.2) is 0 Å². The first-order chi connectivity index (χ1) is 13.0. The van der Waals surface area contributed by atoms with E-state index >= 15 is 0 Å². The summed E-state index contributed by atoms with van der Waals surface area (Å²) < 4.78 is 17.8. The molecule has 0 aliphatic heterocycles. The fourth-order valence-electron chi connectivity index (χ4n) is 3.19. The summed E-state index contributed by atoms with van der Waals surface area (Å²) in [5, 5.41) is 10.7. The maximum atomic E-state index is 9.95. The van der Waals surface area contributed by atoms with E-state index in [1.807, 2.05) is 57.2 Å². The van der Waals surface area contributed by atoms with Crippen LogP contribution in [0.15, 0.2) is 42.5 Å². The van der Waals surface area contributed by atoms with Gasteiger partial charge < -0.3 is 18.4 Å². The Hall–Kier alpha value is -1.37. The Bertz CT molecular complexity index is 689. The van der Waals surface area contributed by atoms with E-state index in [0.717, 1.165) is 35.6 Å². The van der Waals surface area contributed by atoms with Gasteiger partial charge in [0.25, 0.3) is 0 Å². The molecule has 1 N–H and O–H groups in total. The van der Waals surface area contributed by atoms with Gasteiger partial charge in [0.2, 0.25) is 0 Å². The van der Waals surface area contributed by atoms with E-state index in [0.29, 0.717) is 24.8 Å². The number of phenolic OH excluding ortho intramolecular Hbond substituents is 1. The molecule has 0 aromatic heterocycles. The van der Waals surface area contributed by atoms with Gasteiger partial charge in [0.15, 0.2) is 0 Å². The molecule has 0 saturated heterocycles. The zero-order chi connectivity index (χ0) is 19.7. The Labute approximate surface area is 168 Å². The molecule has 4 nitrogen and oxygen atoms in total. The lowest BCUT2D eigenvalue weighted by Gasteiger charge is -2.28. The Morgan fingerprint density at radius 3 is 2.04 bits per heavy atom. The quantitative estimate of drug-likeness (QED) is 0.485. The van der Waals surface area contributed by atoms with Crippen LogP contribution in [0.2, 0.25) is 11.1 Å². The number of aryl methyl sites for hydroxylation is 1. The van der Waals surface area contributed by atoms with E-state index in [-0.39, 0.29) is 5.75 Å². The third kappa shape index (κ3) is 6.33. The van der Waals surface area contributed by atoms with Crippen molar-refractivity contribution in [1.82, 2.24) is 0 Å². The van der Waals surface area contributed by atoms with Gasteiger partial charge in [0.1, 0.15) is 5.75 Å². The number of halogens is 1. The zero-order valence-electron chi connectivity index (χ0n) is 16.3. The maximum absolute atomic E-state index is 9.95. The van der Waals surface area contributed by atoms with Crippen LogP contribution in [0.3, 0.4) is 0 Å². The highest BCUT2D eigenvalue weighted by Crippen LogP contribution is 2.30. The molecule has 27 heavy (non-hydrogen) atoms. The molecule has 0 unspecified atom stereocenters. The minimum absolute atomic E-state index is 0.269. The van der Waals surface area contributed by atoms with Crippen LogP contribution in [0, 0.1) is 0 Å². The predicted octanol–water partition coefficient (Wildman–Crippen LogP) is 5.69. The van der Waals surface area contributed by atoms with Gasteiger partial charge in [-0.3, -0.25) is 0 Å². The van der Waals surface area contributed by atoms with E-state index in [2.05, 4.69) is 0 Å². The van der Waals surface area contributed by atoms with Crippen LogP contribution in [-0.2, 0) is 19.7 Å². The molecule has 2 rings (SSSR count). The minimum atomic E-state index is -2.65. The van der Waals surface area contributed by atoms with Crippen molar-refractivity contribution in [2.75, 3.05) is 19.8 Å². The van der Waals surface area contributed by atoms with Gasteiger partial charge in [0, 0.05) is 30.9 Å². The van der Waals surface area contributed by atoms with Crippen molar-refractivity contribution >= 4 is 20.4 Å². The summed E-state index contributed by atoms with van der Waals surface area (Å²) in [7, 11) is -2.65. The van der Waals surface area contributed by atoms with Crippen molar-refractivity contribution in [3.63, 3.8) is 0 Å². The standard InChI is InChI=1S/C21H29ClO4Si/c1-4-24-27(25-5-2,26-6-3)15-7-8-18-16-20(23)13-14-21(18)17-9-11-19(22)12-10-17/h9-14,16,23H,4-8,15H2,1-3H3. The number of hydrogen-bond donors (Lipinski definition) is 1. The van der Waals surface area contributed by atoms with Gasteiger partial charge in [-0.1, -0.05) is 29.8 Å². The Morgan fingerprint density at radius 1 is 0.889 bits per heavy atom. The molecule has 0 spiro atoms. The molecule has 0 amide bonds. The van der Waals surface area contributed by atoms with Gasteiger partial charge in [-0.05, 0) is 74.6 Å². The van der Waals surface area contributed by atoms with Gasteiger partial charge in [-0.2, -0.15) is 0 Å². The predicted molar refractivity (Wildman–Crippen MR) is 112 cm³/mol. The van der Waals surface area contributed by atoms with E-state index in [1.165, 1.54) is 0 Å². The first kappa shape index (κ1) is 21.9. The molecule has 0 bridgehead atoms. The summed E-state index contributed by atoms with van der Waals surface area (Å²) in [6.45, 7) is 7.63. The van der Waals surface area contributed by atoms with Crippen LogP contribution in [-0.4, -0.2) is 33.7 Å². The maximum Gasteiger partial charge on any atom is 0.500 e. The molecule has 0 heterocycles. The van der Waals surface area contributed by atoms with Crippen LogP contribution < -0.4 is 0 Å². The van der Waals surface area contributed by atoms with Crippen molar-refractivity contribution in [3.05, 3.63) is 53.1 Å². The molecule has 0 radical (unpaired) electrons. The first-order valence-corrected chi connectivity index (χ1v) is 11.8. The summed E-state index contributed by atoms with van der Waals surface area (Å²) >= 11 is 6.01. The van der Waals surface area contributed by atoms with Crippen molar-refractivity contribution < 1.29 is 18.4 Å². The molecule has 2 aromatic rings. The van der Waals surface area contributed by atoms with Gasteiger partial charge in [0.05, 0.1) is 0 Å². The normalized spacial score (nSPS) is 11.7. The number of benzene rings is 2. The summed E-state index contributed by atoms with van der Waals surface area (Å²) in [5.41, 5.74) is 3.27. The molecule has 0 aliphatic rings. The second kappa shape index (κ2) is 10.8. The average molecular weight is 409 g/mol. The highest BCUT2D eigenvalue weighted by atomic mass is 35.5. The first-order valence-electron chi connectivity index (χ1n) is 9.53. The summed E-state index contributed by atoms with van der Waals surface area (Å²) in [5.74, 6) is 0.269. The van der Waals surface area contributed by atoms with Crippen LogP contribution in [0.5, 0.6) is 5.75 Å². The fraction of sp³-hybridized carbons (Fsp3) is 0.429. The van der Waals surface area contributed by atoms with E-state index in [9.17, 15) is 5.11 Å². The second-order valence-corrected chi connectivity index (χ2v) is 9.35. The SMILES string of the molecule is CCO[Si](CCCc1cc(O)ccc1-c1ccc(Cl)cc1)(OCC)OCC. The molecule has 0 atom stereocenters. The molecular weight excluding hydrogens is 380 g/mol. The van der Waals surface area contributed by atoms with E-state index in [1.54, 1.807) is 6.07 Å². The Kier molecular flexibility index (Phi) is 8.79. The van der Waals surface area contributed by atoms with Crippen molar-refractivity contribution in [3.8, 4) is 16.9 Å². The second-order valence-electron chi connectivity index (χ2n) is 6.18. The third-order valence-corrected chi connectivity index (χ3v) is 7.67. The van der Waals surface area contributed by atoms with E-state index in [4.69, 9.17) is 24.9 Å². The van der Waals surface area contributed by atoms with Crippen LogP contribution >= 0.6 is 11.6 Å². The summed E-state index contributed by atoms with van der Waals surface area (Å²) in [4.78, 5) is 0. The van der Waals surface area contributed by atoms with Crippen molar-refractivity contribution in [1.29, 1.82) is 0 Å². The third-order valence-electron chi connectivity index (χ3n) is 4.27. The van der Waals surface area contributed by atoms with Crippen molar-refractivity contribution in [2.24, 2.45) is 0 Å².